The third kappa shape index (κ3) is 5.33. The van der Waals surface area contributed by atoms with Crippen molar-refractivity contribution in [3.8, 4) is 0 Å². The molecule has 1 aromatic carbocycles. The molecule has 17 heavy (non-hydrogen) atoms. The van der Waals surface area contributed by atoms with Crippen LogP contribution in [0.2, 0.25) is 0 Å². The van der Waals surface area contributed by atoms with Crippen molar-refractivity contribution in [2.24, 2.45) is 0 Å². The van der Waals surface area contributed by atoms with Crippen LogP contribution < -0.4 is 5.32 Å². The number of hydrogen-bond acceptors (Lipinski definition) is 2. The summed E-state index contributed by atoms with van der Waals surface area (Å²) in [5, 5.41) is 3.63. The predicted molar refractivity (Wildman–Crippen MR) is 74.1 cm³/mol. The highest BCUT2D eigenvalue weighted by atomic mass is 79.9. The van der Waals surface area contributed by atoms with Crippen LogP contribution in [0.25, 0.3) is 0 Å². The van der Waals surface area contributed by atoms with Gasteiger partial charge in [0.25, 0.3) is 0 Å². The number of nitrogens with one attached hydrogen (secondary N) is 1. The number of carbonyl (C=O) groups excluding carboxylic acids is 1. The van der Waals surface area contributed by atoms with Crippen LogP contribution >= 0.6 is 15.9 Å². The van der Waals surface area contributed by atoms with Gasteiger partial charge in [-0.2, -0.15) is 0 Å². The van der Waals surface area contributed by atoms with E-state index in [4.69, 9.17) is 0 Å². The molecule has 0 aliphatic heterocycles. The van der Waals surface area contributed by atoms with Crippen LogP contribution in [-0.4, -0.2) is 30.2 Å². The second-order valence-corrected chi connectivity index (χ2v) is 5.02. The highest BCUT2D eigenvalue weighted by molar-refractivity contribution is 9.09. The van der Waals surface area contributed by atoms with Crippen LogP contribution in [0, 0.1) is 0 Å². The van der Waals surface area contributed by atoms with Crippen molar-refractivity contribution < 1.29 is 4.79 Å². The van der Waals surface area contributed by atoms with Crippen LogP contribution in [0.4, 0.5) is 0 Å². The van der Waals surface area contributed by atoms with E-state index >= 15 is 0 Å². The minimum absolute atomic E-state index is 0.0848. The molecule has 3 nitrogen and oxygen atoms in total. The molecule has 0 saturated carbocycles. The first-order valence-corrected chi connectivity index (χ1v) is 6.80. The fourth-order valence-electron chi connectivity index (χ4n) is 1.59. The molecule has 1 rings (SSSR count). The van der Waals surface area contributed by atoms with Crippen LogP contribution in [0.1, 0.15) is 17.5 Å². The molecule has 0 fully saturated rings. The minimum Gasteiger partial charge on any atom is -0.352 e. The smallest absolute Gasteiger partial charge is 0.221 e. The van der Waals surface area contributed by atoms with Gasteiger partial charge in [0.15, 0.2) is 0 Å². The Hall–Kier alpha value is -0.870. The summed E-state index contributed by atoms with van der Waals surface area (Å²) >= 11 is 3.26. The van der Waals surface area contributed by atoms with Crippen molar-refractivity contribution in [3.05, 3.63) is 35.4 Å². The van der Waals surface area contributed by atoms with Gasteiger partial charge in [0, 0.05) is 24.8 Å². The van der Waals surface area contributed by atoms with Gasteiger partial charge in [0.2, 0.25) is 5.91 Å². The highest BCUT2D eigenvalue weighted by Crippen LogP contribution is 2.10. The molecule has 1 amide bonds. The maximum atomic E-state index is 11.4. The second-order valence-electron chi connectivity index (χ2n) is 4.22. The summed E-state index contributed by atoms with van der Waals surface area (Å²) < 4.78 is 0. The van der Waals surface area contributed by atoms with Crippen molar-refractivity contribution in [2.45, 2.75) is 19.5 Å². The van der Waals surface area contributed by atoms with Crippen molar-refractivity contribution in [1.82, 2.24) is 10.2 Å². The summed E-state index contributed by atoms with van der Waals surface area (Å²) in [4.78, 5) is 13.5. The quantitative estimate of drug-likeness (QED) is 0.816. The number of benzene rings is 1. The SMILES string of the molecule is CN(C)Cc1ccccc1CNC(=O)CCBr. The Balaban J connectivity index is 2.60. The molecule has 0 radical (unpaired) electrons. The number of alkyl halides is 1. The van der Waals surface area contributed by atoms with Gasteiger partial charge in [-0.15, -0.1) is 0 Å². The second kappa shape index (κ2) is 7.45. The average molecular weight is 299 g/mol. The summed E-state index contributed by atoms with van der Waals surface area (Å²) in [7, 11) is 4.08. The first-order chi connectivity index (χ1) is 8.13. The van der Waals surface area contributed by atoms with E-state index in [1.807, 2.05) is 26.2 Å². The van der Waals surface area contributed by atoms with Gasteiger partial charge in [0.05, 0.1) is 0 Å². The molecule has 0 atom stereocenters. The Morgan fingerprint density at radius 1 is 1.29 bits per heavy atom. The van der Waals surface area contributed by atoms with Gasteiger partial charge in [-0.05, 0) is 25.2 Å². The molecule has 0 aromatic heterocycles. The number of amides is 1. The summed E-state index contributed by atoms with van der Waals surface area (Å²) in [6, 6.07) is 8.20. The molecule has 0 aliphatic carbocycles. The number of rotatable bonds is 6. The predicted octanol–water partition coefficient (Wildman–Crippen LogP) is 2.15. The molecule has 0 spiro atoms. The van der Waals surface area contributed by atoms with E-state index in [-0.39, 0.29) is 5.91 Å². The standard InChI is InChI=1S/C13H19BrN2O/c1-16(2)10-12-6-4-3-5-11(12)9-15-13(17)7-8-14/h3-6H,7-10H2,1-2H3,(H,15,17). The average Bonchev–Trinajstić information content (AvgIpc) is 2.27. The Bertz CT molecular complexity index is 366. The van der Waals surface area contributed by atoms with E-state index in [0.717, 1.165) is 6.54 Å². The van der Waals surface area contributed by atoms with Crippen LogP contribution in [0.3, 0.4) is 0 Å². The molecule has 1 N–H and O–H groups in total. The normalized spacial score (nSPS) is 10.6. The number of nitrogens with zero attached hydrogens (tertiary/aromatic N) is 1. The molecule has 0 bridgehead atoms. The van der Waals surface area contributed by atoms with Gasteiger partial charge in [-0.3, -0.25) is 4.79 Å². The lowest BCUT2D eigenvalue weighted by molar-refractivity contribution is -0.120. The van der Waals surface area contributed by atoms with Crippen molar-refractivity contribution in [1.29, 1.82) is 0 Å². The molecule has 4 heteroatoms. The Labute approximate surface area is 111 Å². The van der Waals surface area contributed by atoms with Crippen LogP contribution in [0.15, 0.2) is 24.3 Å². The Morgan fingerprint density at radius 3 is 2.53 bits per heavy atom. The maximum Gasteiger partial charge on any atom is 0.221 e. The molecular formula is C13H19BrN2O. The Morgan fingerprint density at radius 2 is 1.94 bits per heavy atom. The molecule has 94 valence electrons. The zero-order valence-corrected chi connectivity index (χ0v) is 12.0. The lowest BCUT2D eigenvalue weighted by Gasteiger charge is -2.14. The number of hydrogen-bond donors (Lipinski definition) is 1. The highest BCUT2D eigenvalue weighted by Gasteiger charge is 2.04. The monoisotopic (exact) mass is 298 g/mol. The largest absolute Gasteiger partial charge is 0.352 e. The molecule has 1 aromatic rings. The van der Waals surface area contributed by atoms with E-state index in [2.05, 4.69) is 38.3 Å². The van der Waals surface area contributed by atoms with Gasteiger partial charge in [-0.25, -0.2) is 0 Å². The lowest BCUT2D eigenvalue weighted by atomic mass is 10.1. The van der Waals surface area contributed by atoms with Gasteiger partial charge in [0.1, 0.15) is 0 Å². The van der Waals surface area contributed by atoms with Gasteiger partial charge in [-0.1, -0.05) is 40.2 Å². The van der Waals surface area contributed by atoms with E-state index in [1.54, 1.807) is 0 Å². The molecule has 0 aliphatic rings. The van der Waals surface area contributed by atoms with Crippen molar-refractivity contribution in [2.75, 3.05) is 19.4 Å². The van der Waals surface area contributed by atoms with Crippen LogP contribution in [-0.2, 0) is 17.9 Å². The van der Waals surface area contributed by atoms with E-state index in [9.17, 15) is 4.79 Å². The summed E-state index contributed by atoms with van der Waals surface area (Å²) in [6.45, 7) is 1.50. The summed E-state index contributed by atoms with van der Waals surface area (Å²) in [5.41, 5.74) is 2.45. The first-order valence-electron chi connectivity index (χ1n) is 5.67. The third-order valence-electron chi connectivity index (χ3n) is 2.40. The molecule has 0 heterocycles. The molecule has 0 saturated heterocycles. The minimum atomic E-state index is 0.0848. The van der Waals surface area contributed by atoms with E-state index in [0.29, 0.717) is 18.3 Å². The zero-order valence-electron chi connectivity index (χ0n) is 10.4. The van der Waals surface area contributed by atoms with Gasteiger partial charge < -0.3 is 10.2 Å². The van der Waals surface area contributed by atoms with Crippen LogP contribution in [0.5, 0.6) is 0 Å². The summed E-state index contributed by atoms with van der Waals surface area (Å²) in [5.74, 6) is 0.0848. The maximum absolute atomic E-state index is 11.4. The Kier molecular flexibility index (Phi) is 6.22. The summed E-state index contributed by atoms with van der Waals surface area (Å²) in [6.07, 6.45) is 0.524. The first kappa shape index (κ1) is 14.2. The van der Waals surface area contributed by atoms with E-state index in [1.165, 1.54) is 11.1 Å². The number of halogens is 1. The van der Waals surface area contributed by atoms with Gasteiger partial charge >= 0.3 is 0 Å². The molecular weight excluding hydrogens is 280 g/mol. The van der Waals surface area contributed by atoms with E-state index < -0.39 is 0 Å². The zero-order chi connectivity index (χ0) is 12.7. The lowest BCUT2D eigenvalue weighted by Crippen LogP contribution is -2.24. The fraction of sp³-hybridized carbons (Fsp3) is 0.462. The van der Waals surface area contributed by atoms with Crippen molar-refractivity contribution in [3.63, 3.8) is 0 Å². The number of carbonyl (C=O) groups is 1. The topological polar surface area (TPSA) is 32.3 Å². The van der Waals surface area contributed by atoms with Crippen molar-refractivity contribution >= 4 is 21.8 Å². The fourth-order valence-corrected chi connectivity index (χ4v) is 1.95. The third-order valence-corrected chi connectivity index (χ3v) is 2.80. The molecule has 0 unspecified atom stereocenters.